The van der Waals surface area contributed by atoms with Gasteiger partial charge in [0.1, 0.15) is 5.75 Å². The van der Waals surface area contributed by atoms with Gasteiger partial charge in [0.2, 0.25) is 0 Å². The number of amides is 1. The number of carboxylic acid groups (broad SMARTS) is 1. The molecule has 0 atom stereocenters. The number of aliphatic carboxylic acids is 1. The van der Waals surface area contributed by atoms with Gasteiger partial charge in [-0.05, 0) is 54.8 Å². The molecular weight excluding hydrogens is 332 g/mol. The average Bonchev–Trinajstić information content (AvgIpc) is 2.65. The fourth-order valence-corrected chi connectivity index (χ4v) is 2.45. The van der Waals surface area contributed by atoms with Gasteiger partial charge >= 0.3 is 0 Å². The summed E-state index contributed by atoms with van der Waals surface area (Å²) >= 11 is 0. The molecule has 0 unspecified atom stereocenters. The summed E-state index contributed by atoms with van der Waals surface area (Å²) < 4.78 is 5.16. The van der Waals surface area contributed by atoms with Crippen molar-refractivity contribution in [2.45, 2.75) is 26.7 Å². The van der Waals surface area contributed by atoms with Crippen molar-refractivity contribution in [2.24, 2.45) is 5.10 Å². The molecule has 0 aliphatic heterocycles. The van der Waals surface area contributed by atoms with Crippen LogP contribution in [0.4, 0.5) is 0 Å². The smallest absolute Gasteiger partial charge is 0.271 e. The first-order valence-corrected chi connectivity index (χ1v) is 8.25. The van der Waals surface area contributed by atoms with Crippen LogP contribution in [0.25, 0.3) is 0 Å². The van der Waals surface area contributed by atoms with E-state index in [0.29, 0.717) is 28.2 Å². The summed E-state index contributed by atoms with van der Waals surface area (Å²) in [4.78, 5) is 23.1. The first-order chi connectivity index (χ1) is 12.4. The van der Waals surface area contributed by atoms with Gasteiger partial charge in [-0.15, -0.1) is 0 Å². The summed E-state index contributed by atoms with van der Waals surface area (Å²) in [5, 5.41) is 15.0. The minimum absolute atomic E-state index is 0.263. The van der Waals surface area contributed by atoms with E-state index in [9.17, 15) is 14.7 Å². The van der Waals surface area contributed by atoms with Crippen LogP contribution in [-0.4, -0.2) is 24.7 Å². The highest BCUT2D eigenvalue weighted by Gasteiger charge is 2.08. The van der Waals surface area contributed by atoms with Crippen LogP contribution >= 0.6 is 0 Å². The minimum Gasteiger partial charge on any atom is -0.550 e. The van der Waals surface area contributed by atoms with Crippen molar-refractivity contribution in [1.82, 2.24) is 5.43 Å². The molecule has 0 bridgehead atoms. The molecule has 136 valence electrons. The van der Waals surface area contributed by atoms with E-state index in [-0.39, 0.29) is 12.3 Å². The zero-order valence-corrected chi connectivity index (χ0v) is 15.0. The number of hydrazone groups is 1. The number of hydrogen-bond donors (Lipinski definition) is 1. The number of hydrogen-bond acceptors (Lipinski definition) is 5. The average molecular weight is 353 g/mol. The Labute approximate surface area is 152 Å². The lowest BCUT2D eigenvalue weighted by atomic mass is 10.0. The molecule has 1 N–H and O–H groups in total. The highest BCUT2D eigenvalue weighted by atomic mass is 16.5. The Kier molecular flexibility index (Phi) is 6.49. The maximum absolute atomic E-state index is 12.2. The molecule has 2 aromatic carbocycles. The lowest BCUT2D eigenvalue weighted by molar-refractivity contribution is -0.304. The summed E-state index contributed by atoms with van der Waals surface area (Å²) in [6.07, 6.45) is 0.644. The lowest BCUT2D eigenvalue weighted by Crippen LogP contribution is -2.24. The Balaban J connectivity index is 2.15. The van der Waals surface area contributed by atoms with Crippen LogP contribution in [0.2, 0.25) is 0 Å². The van der Waals surface area contributed by atoms with E-state index in [4.69, 9.17) is 4.74 Å². The number of aryl methyl sites for hydroxylation is 1. The van der Waals surface area contributed by atoms with Gasteiger partial charge in [-0.3, -0.25) is 4.79 Å². The van der Waals surface area contributed by atoms with E-state index in [1.807, 2.05) is 19.1 Å². The van der Waals surface area contributed by atoms with Crippen LogP contribution in [0.15, 0.2) is 47.6 Å². The van der Waals surface area contributed by atoms with Gasteiger partial charge in [-0.1, -0.05) is 19.1 Å². The molecule has 2 rings (SSSR count). The Bertz CT molecular complexity index is 826. The van der Waals surface area contributed by atoms with Crippen molar-refractivity contribution in [3.05, 3.63) is 64.7 Å². The Hall–Kier alpha value is -3.15. The summed E-state index contributed by atoms with van der Waals surface area (Å²) in [5.74, 6) is -1.04. The summed E-state index contributed by atoms with van der Waals surface area (Å²) in [7, 11) is 1.47. The summed E-state index contributed by atoms with van der Waals surface area (Å²) in [6, 6.07) is 12.4. The Morgan fingerprint density at radius 1 is 1.12 bits per heavy atom. The number of ether oxygens (including phenoxy) is 1. The normalized spacial score (nSPS) is 11.1. The standard InChI is InChI=1S/C20H22N2O4/c1-4-14-5-7-15(8-6-14)20(25)22-21-13(2)16-9-10-18(26-3)17(11-16)12-19(23)24/h5-11H,4,12H2,1-3H3,(H,22,25)(H,23,24)/p-1/b21-13-. The third-order valence-electron chi connectivity index (χ3n) is 3.98. The number of methoxy groups -OCH3 is 1. The third kappa shape index (κ3) is 4.92. The molecule has 0 aliphatic carbocycles. The van der Waals surface area contributed by atoms with Gasteiger partial charge in [0.05, 0.1) is 12.8 Å². The van der Waals surface area contributed by atoms with E-state index in [1.165, 1.54) is 7.11 Å². The molecule has 0 saturated heterocycles. The van der Waals surface area contributed by atoms with Crippen LogP contribution in [-0.2, 0) is 17.6 Å². The van der Waals surface area contributed by atoms with Crippen LogP contribution in [0.1, 0.15) is 40.9 Å². The second-order valence-electron chi connectivity index (χ2n) is 5.76. The van der Waals surface area contributed by atoms with Gasteiger partial charge in [-0.25, -0.2) is 5.43 Å². The number of benzene rings is 2. The molecule has 0 fully saturated rings. The van der Waals surface area contributed by atoms with E-state index in [1.54, 1.807) is 37.3 Å². The SMILES string of the molecule is CCc1ccc(C(=O)N/N=C(/C)c2ccc(OC)c(CC(=O)[O-])c2)cc1. The molecule has 1 amide bonds. The van der Waals surface area contributed by atoms with Crippen LogP contribution < -0.4 is 15.3 Å². The maximum atomic E-state index is 12.2. The fraction of sp³-hybridized carbons (Fsp3) is 0.250. The monoisotopic (exact) mass is 353 g/mol. The predicted octanol–water partition coefficient (Wildman–Crippen LogP) is 1.70. The van der Waals surface area contributed by atoms with Gasteiger partial charge in [0.15, 0.2) is 0 Å². The third-order valence-corrected chi connectivity index (χ3v) is 3.98. The molecule has 0 aromatic heterocycles. The molecule has 26 heavy (non-hydrogen) atoms. The predicted molar refractivity (Wildman–Crippen MR) is 97.2 cm³/mol. The maximum Gasteiger partial charge on any atom is 0.271 e. The van der Waals surface area contributed by atoms with Crippen molar-refractivity contribution >= 4 is 17.6 Å². The van der Waals surface area contributed by atoms with Gasteiger partial charge < -0.3 is 14.6 Å². The number of rotatable bonds is 7. The van der Waals surface area contributed by atoms with Gasteiger partial charge in [0.25, 0.3) is 5.91 Å². The lowest BCUT2D eigenvalue weighted by Gasteiger charge is -2.11. The molecule has 6 nitrogen and oxygen atoms in total. The molecule has 0 aliphatic rings. The largest absolute Gasteiger partial charge is 0.550 e. The molecule has 0 saturated carbocycles. The number of carbonyl (C=O) groups is 2. The van der Waals surface area contributed by atoms with Crippen molar-refractivity contribution in [3.8, 4) is 5.75 Å². The summed E-state index contributed by atoms with van der Waals surface area (Å²) in [6.45, 7) is 3.78. The first kappa shape index (κ1) is 19.2. The molecule has 0 spiro atoms. The zero-order valence-electron chi connectivity index (χ0n) is 15.0. The Morgan fingerprint density at radius 2 is 1.77 bits per heavy atom. The Morgan fingerprint density at radius 3 is 2.35 bits per heavy atom. The quantitative estimate of drug-likeness (QED) is 0.606. The number of carbonyl (C=O) groups excluding carboxylic acids is 2. The highest BCUT2D eigenvalue weighted by Crippen LogP contribution is 2.20. The minimum atomic E-state index is -1.20. The second-order valence-corrected chi connectivity index (χ2v) is 5.76. The van der Waals surface area contributed by atoms with Crippen molar-refractivity contribution in [3.63, 3.8) is 0 Å². The van der Waals surface area contributed by atoms with Crippen molar-refractivity contribution in [2.75, 3.05) is 7.11 Å². The molecule has 0 radical (unpaired) electrons. The molecule has 6 heteroatoms. The highest BCUT2D eigenvalue weighted by molar-refractivity contribution is 6.01. The van der Waals surface area contributed by atoms with Gasteiger partial charge in [0, 0.05) is 23.5 Å². The van der Waals surface area contributed by atoms with E-state index in [2.05, 4.69) is 10.5 Å². The van der Waals surface area contributed by atoms with Crippen molar-refractivity contribution in [1.29, 1.82) is 0 Å². The van der Waals surface area contributed by atoms with E-state index < -0.39 is 5.97 Å². The van der Waals surface area contributed by atoms with Gasteiger partial charge in [-0.2, -0.15) is 5.10 Å². The second kappa shape index (κ2) is 8.80. The topological polar surface area (TPSA) is 90.8 Å². The molecule has 0 heterocycles. The summed E-state index contributed by atoms with van der Waals surface area (Å²) in [5.41, 5.74) is 5.90. The fourth-order valence-electron chi connectivity index (χ4n) is 2.45. The number of nitrogens with zero attached hydrogens (tertiary/aromatic N) is 1. The van der Waals surface area contributed by atoms with Crippen LogP contribution in [0.3, 0.4) is 0 Å². The van der Waals surface area contributed by atoms with E-state index in [0.717, 1.165) is 12.0 Å². The first-order valence-electron chi connectivity index (χ1n) is 8.25. The molecular formula is C20H21N2O4-. The molecule has 2 aromatic rings. The van der Waals surface area contributed by atoms with Crippen LogP contribution in [0.5, 0.6) is 5.75 Å². The van der Waals surface area contributed by atoms with E-state index >= 15 is 0 Å². The zero-order chi connectivity index (χ0) is 19.1. The number of nitrogens with one attached hydrogen (secondary N) is 1. The van der Waals surface area contributed by atoms with Crippen LogP contribution in [0, 0.1) is 0 Å². The van der Waals surface area contributed by atoms with Crippen molar-refractivity contribution < 1.29 is 19.4 Å². The number of carboxylic acids is 1.